The summed E-state index contributed by atoms with van der Waals surface area (Å²) in [6.07, 6.45) is 3.13. The van der Waals surface area contributed by atoms with Gasteiger partial charge in [-0.3, -0.25) is 0 Å². The second kappa shape index (κ2) is 6.45. The summed E-state index contributed by atoms with van der Waals surface area (Å²) in [5.74, 6) is 1.62. The molecule has 0 amide bonds. The second-order valence-corrected chi connectivity index (χ2v) is 7.07. The molecule has 5 nitrogen and oxygen atoms in total. The fraction of sp³-hybridized carbons (Fsp3) is 0.571. The molecule has 1 aromatic rings. The Morgan fingerprint density at radius 3 is 2.65 bits per heavy atom. The maximum absolute atomic E-state index is 11.6. The Bertz CT molecular complexity index is 544. The van der Waals surface area contributed by atoms with Gasteiger partial charge in [0.2, 0.25) is 10.0 Å². The lowest BCUT2D eigenvalue weighted by atomic mass is 10.0. The summed E-state index contributed by atoms with van der Waals surface area (Å²) in [6.45, 7) is 1.66. The average molecular weight is 299 g/mol. The van der Waals surface area contributed by atoms with E-state index in [1.54, 1.807) is 7.11 Å². The first kappa shape index (κ1) is 15.1. The smallest absolute Gasteiger partial charge is 0.211 e. The molecule has 1 heterocycles. The van der Waals surface area contributed by atoms with Crippen molar-refractivity contribution in [2.45, 2.75) is 12.8 Å². The zero-order valence-corrected chi connectivity index (χ0v) is 12.7. The van der Waals surface area contributed by atoms with Gasteiger partial charge in [0.15, 0.2) is 11.5 Å². The van der Waals surface area contributed by atoms with Gasteiger partial charge in [0.1, 0.15) is 0 Å². The average Bonchev–Trinajstić information content (AvgIpc) is 2.45. The summed E-state index contributed by atoms with van der Waals surface area (Å²) in [4.78, 5) is 0. The molecule has 0 spiro atoms. The number of piperidine rings is 1. The number of hydrogen-bond acceptors (Lipinski definition) is 4. The number of hydrogen-bond donors (Lipinski definition) is 0. The highest BCUT2D eigenvalue weighted by molar-refractivity contribution is 7.88. The molecule has 6 heteroatoms. The summed E-state index contributed by atoms with van der Waals surface area (Å²) in [5, 5.41) is 0. The number of nitrogens with zero attached hydrogens (tertiary/aromatic N) is 1. The molecule has 1 saturated heterocycles. The molecule has 20 heavy (non-hydrogen) atoms. The van der Waals surface area contributed by atoms with Gasteiger partial charge in [0.05, 0.1) is 20.0 Å². The third kappa shape index (κ3) is 3.86. The lowest BCUT2D eigenvalue weighted by molar-refractivity contribution is 0.177. The first-order valence-corrected chi connectivity index (χ1v) is 8.56. The normalized spacial score (nSPS) is 20.6. The molecule has 0 radical (unpaired) electrons. The van der Waals surface area contributed by atoms with E-state index in [2.05, 4.69) is 0 Å². The van der Waals surface area contributed by atoms with Gasteiger partial charge in [-0.15, -0.1) is 0 Å². The van der Waals surface area contributed by atoms with Gasteiger partial charge in [-0.25, -0.2) is 12.7 Å². The number of methoxy groups -OCH3 is 1. The molecular weight excluding hydrogens is 278 g/mol. The predicted molar refractivity (Wildman–Crippen MR) is 77.6 cm³/mol. The van der Waals surface area contributed by atoms with Crippen LogP contribution >= 0.6 is 0 Å². The van der Waals surface area contributed by atoms with E-state index < -0.39 is 10.0 Å². The van der Waals surface area contributed by atoms with Crippen LogP contribution in [0.1, 0.15) is 12.8 Å². The van der Waals surface area contributed by atoms with Crippen LogP contribution in [-0.4, -0.2) is 45.8 Å². The summed E-state index contributed by atoms with van der Waals surface area (Å²) in [7, 11) is -1.50. The van der Waals surface area contributed by atoms with Crippen molar-refractivity contribution in [1.29, 1.82) is 0 Å². The van der Waals surface area contributed by atoms with Gasteiger partial charge in [0.25, 0.3) is 0 Å². The third-order valence-electron chi connectivity index (χ3n) is 3.49. The van der Waals surface area contributed by atoms with Crippen LogP contribution in [0.4, 0.5) is 0 Å². The Balaban J connectivity index is 1.94. The molecule has 1 atom stereocenters. The van der Waals surface area contributed by atoms with Crippen LogP contribution in [-0.2, 0) is 10.0 Å². The number of rotatable bonds is 5. The Kier molecular flexibility index (Phi) is 4.88. The van der Waals surface area contributed by atoms with Crippen LogP contribution in [0.3, 0.4) is 0 Å². The van der Waals surface area contributed by atoms with Gasteiger partial charge in [0, 0.05) is 19.0 Å². The highest BCUT2D eigenvalue weighted by atomic mass is 32.2. The summed E-state index contributed by atoms with van der Waals surface area (Å²) in [6, 6.07) is 7.48. The number of para-hydroxylation sites is 2. The first-order chi connectivity index (χ1) is 9.50. The minimum absolute atomic E-state index is 0.225. The molecule has 1 aliphatic heterocycles. The van der Waals surface area contributed by atoms with Crippen molar-refractivity contribution in [3.8, 4) is 11.5 Å². The number of ether oxygens (including phenoxy) is 2. The zero-order valence-electron chi connectivity index (χ0n) is 11.9. The Morgan fingerprint density at radius 1 is 1.30 bits per heavy atom. The summed E-state index contributed by atoms with van der Waals surface area (Å²) in [5.41, 5.74) is 0. The standard InChI is InChI=1S/C14H21NO4S/c1-18-13-7-3-4-8-14(13)19-11-12-6-5-9-15(10-12)20(2,16)17/h3-4,7-8,12H,5-6,9-11H2,1-2H3. The van der Waals surface area contributed by atoms with Crippen molar-refractivity contribution in [2.24, 2.45) is 5.92 Å². The van der Waals surface area contributed by atoms with E-state index in [9.17, 15) is 8.42 Å². The molecule has 1 unspecified atom stereocenters. The topological polar surface area (TPSA) is 55.8 Å². The van der Waals surface area contributed by atoms with Gasteiger partial charge in [-0.2, -0.15) is 0 Å². The van der Waals surface area contributed by atoms with E-state index in [1.165, 1.54) is 10.6 Å². The first-order valence-electron chi connectivity index (χ1n) is 6.71. The van der Waals surface area contributed by atoms with Gasteiger partial charge < -0.3 is 9.47 Å². The van der Waals surface area contributed by atoms with Crippen molar-refractivity contribution >= 4 is 10.0 Å². The zero-order chi connectivity index (χ0) is 14.6. The lowest BCUT2D eigenvalue weighted by Crippen LogP contribution is -2.40. The molecule has 1 aliphatic rings. The van der Waals surface area contributed by atoms with E-state index in [-0.39, 0.29) is 5.92 Å². The number of sulfonamides is 1. The maximum Gasteiger partial charge on any atom is 0.211 e. The van der Waals surface area contributed by atoms with Crippen LogP contribution in [0.2, 0.25) is 0 Å². The van der Waals surface area contributed by atoms with E-state index in [1.807, 2.05) is 24.3 Å². The van der Waals surface area contributed by atoms with Crippen LogP contribution < -0.4 is 9.47 Å². The minimum Gasteiger partial charge on any atom is -0.493 e. The molecule has 0 aromatic heterocycles. The van der Waals surface area contributed by atoms with Gasteiger partial charge in [-0.1, -0.05) is 12.1 Å². The quantitative estimate of drug-likeness (QED) is 0.831. The molecular formula is C14H21NO4S. The van der Waals surface area contributed by atoms with Crippen molar-refractivity contribution in [1.82, 2.24) is 4.31 Å². The molecule has 0 N–H and O–H groups in total. The SMILES string of the molecule is COc1ccccc1OCC1CCCN(S(C)(=O)=O)C1. The molecule has 1 fully saturated rings. The van der Waals surface area contributed by atoms with E-state index >= 15 is 0 Å². The van der Waals surface area contributed by atoms with E-state index in [0.29, 0.717) is 31.2 Å². The lowest BCUT2D eigenvalue weighted by Gasteiger charge is -2.30. The Morgan fingerprint density at radius 2 is 2.00 bits per heavy atom. The molecule has 0 saturated carbocycles. The van der Waals surface area contributed by atoms with Crippen LogP contribution in [0.25, 0.3) is 0 Å². The maximum atomic E-state index is 11.6. The summed E-state index contributed by atoms with van der Waals surface area (Å²) < 4.78 is 35.7. The fourth-order valence-corrected chi connectivity index (χ4v) is 3.35. The molecule has 1 aromatic carbocycles. The Hall–Kier alpha value is -1.27. The van der Waals surface area contributed by atoms with Crippen molar-refractivity contribution in [3.63, 3.8) is 0 Å². The minimum atomic E-state index is -3.10. The third-order valence-corrected chi connectivity index (χ3v) is 4.76. The number of benzene rings is 1. The fourth-order valence-electron chi connectivity index (χ4n) is 2.41. The van der Waals surface area contributed by atoms with Crippen molar-refractivity contribution < 1.29 is 17.9 Å². The van der Waals surface area contributed by atoms with Crippen molar-refractivity contribution in [3.05, 3.63) is 24.3 Å². The van der Waals surface area contributed by atoms with E-state index in [0.717, 1.165) is 12.8 Å². The van der Waals surface area contributed by atoms with Crippen molar-refractivity contribution in [2.75, 3.05) is 33.1 Å². The van der Waals surface area contributed by atoms with Crippen LogP contribution in [0.15, 0.2) is 24.3 Å². The second-order valence-electron chi connectivity index (χ2n) is 5.09. The van der Waals surface area contributed by atoms with Crippen LogP contribution in [0.5, 0.6) is 11.5 Å². The Labute approximate surface area is 120 Å². The monoisotopic (exact) mass is 299 g/mol. The van der Waals surface area contributed by atoms with Crippen LogP contribution in [0, 0.1) is 5.92 Å². The van der Waals surface area contributed by atoms with E-state index in [4.69, 9.17) is 9.47 Å². The van der Waals surface area contributed by atoms with Gasteiger partial charge in [-0.05, 0) is 25.0 Å². The predicted octanol–water partition coefficient (Wildman–Crippen LogP) is 1.75. The highest BCUT2D eigenvalue weighted by Crippen LogP contribution is 2.27. The molecule has 112 valence electrons. The molecule has 0 aliphatic carbocycles. The summed E-state index contributed by atoms with van der Waals surface area (Å²) >= 11 is 0. The largest absolute Gasteiger partial charge is 0.493 e. The molecule has 2 rings (SSSR count). The molecule has 0 bridgehead atoms. The highest BCUT2D eigenvalue weighted by Gasteiger charge is 2.26. The van der Waals surface area contributed by atoms with Gasteiger partial charge >= 0.3 is 0 Å².